The van der Waals surface area contributed by atoms with Crippen molar-refractivity contribution >= 4 is 23.5 Å². The monoisotopic (exact) mass is 665 g/mol. The highest BCUT2D eigenvalue weighted by molar-refractivity contribution is 5.92. The first-order valence-electron chi connectivity index (χ1n) is 15.2. The third-order valence-corrected chi connectivity index (χ3v) is 6.68. The van der Waals surface area contributed by atoms with Crippen molar-refractivity contribution < 1.29 is 46.4 Å². The molecule has 0 radical (unpaired) electrons. The van der Waals surface area contributed by atoms with Gasteiger partial charge in [-0.05, 0) is 53.5 Å². The molecule has 15 heteroatoms. The molecule has 0 N–H and O–H groups in total. The summed E-state index contributed by atoms with van der Waals surface area (Å²) in [5.41, 5.74) is -0.390. The number of hydrogen-bond donors (Lipinski definition) is 0. The van der Waals surface area contributed by atoms with Crippen molar-refractivity contribution in [3.8, 4) is 11.6 Å². The third kappa shape index (κ3) is 9.86. The molecule has 0 aliphatic carbocycles. The Balaban J connectivity index is 1.71. The van der Waals surface area contributed by atoms with E-state index in [1.807, 2.05) is 13.8 Å². The molecule has 0 saturated carbocycles. The number of ether oxygens (including phenoxy) is 5. The molecule has 1 aliphatic rings. The van der Waals surface area contributed by atoms with Crippen molar-refractivity contribution in [3.05, 3.63) is 47.8 Å². The molecular weight excluding hydrogens is 623 g/mol. The Kier molecular flexibility index (Phi) is 10.5. The number of fused-ring (bicyclic) bond motifs is 1. The van der Waals surface area contributed by atoms with Gasteiger partial charge in [-0.1, -0.05) is 32.0 Å². The highest BCUT2D eigenvalue weighted by Crippen LogP contribution is 2.33. The number of carbonyl (C=O) groups is 2. The lowest BCUT2D eigenvalue weighted by Crippen LogP contribution is -2.49. The molecule has 258 valence electrons. The molecule has 1 fully saturated rings. The number of rotatable bonds is 8. The van der Waals surface area contributed by atoms with Gasteiger partial charge in [0.2, 0.25) is 5.88 Å². The first-order chi connectivity index (χ1) is 21.8. The standard InChI is InChI=1S/C32H42F3N5O7/c1-20(2)24-16-36-27-23(39(29(42)47-31(6,7)8)17-21-11-9-10-12-25(21)45-32(33,34)35)15-26(37-40(24)27)44-19-22-18-38(13-14-43-22)28(41)46-30(3,4)5/h9-12,15-16,20,22H,13-14,17-19H2,1-8H3/t22-/m1/s1. The highest BCUT2D eigenvalue weighted by Gasteiger charge is 2.34. The highest BCUT2D eigenvalue weighted by atomic mass is 19.4. The number of anilines is 1. The predicted octanol–water partition coefficient (Wildman–Crippen LogP) is 6.71. The van der Waals surface area contributed by atoms with E-state index in [2.05, 4.69) is 14.8 Å². The van der Waals surface area contributed by atoms with Crippen molar-refractivity contribution in [2.75, 3.05) is 31.2 Å². The number of amides is 2. The topological polar surface area (TPSA) is 117 Å². The molecule has 3 heterocycles. The molecule has 0 bridgehead atoms. The summed E-state index contributed by atoms with van der Waals surface area (Å²) in [7, 11) is 0. The number of nitrogens with zero attached hydrogens (tertiary/aromatic N) is 5. The maximum Gasteiger partial charge on any atom is 0.573 e. The third-order valence-electron chi connectivity index (χ3n) is 6.68. The fourth-order valence-electron chi connectivity index (χ4n) is 4.70. The summed E-state index contributed by atoms with van der Waals surface area (Å²) in [5.74, 6) is -0.426. The molecule has 2 aromatic heterocycles. The van der Waals surface area contributed by atoms with Crippen LogP contribution in [0.1, 0.15) is 72.6 Å². The van der Waals surface area contributed by atoms with Gasteiger partial charge in [0.15, 0.2) is 5.65 Å². The number of hydrogen-bond acceptors (Lipinski definition) is 9. The fraction of sp³-hybridized carbons (Fsp3) is 0.562. The number of carbonyl (C=O) groups excluding carboxylic acids is 2. The molecule has 1 atom stereocenters. The molecule has 47 heavy (non-hydrogen) atoms. The Morgan fingerprint density at radius 1 is 1.06 bits per heavy atom. The molecule has 3 aromatic rings. The maximum absolute atomic E-state index is 13.7. The summed E-state index contributed by atoms with van der Waals surface area (Å²) in [4.78, 5) is 33.6. The number of morpholine rings is 1. The predicted molar refractivity (Wildman–Crippen MR) is 166 cm³/mol. The van der Waals surface area contributed by atoms with Crippen LogP contribution in [0, 0.1) is 0 Å². The molecule has 4 rings (SSSR count). The smallest absolute Gasteiger partial charge is 0.474 e. The number of aromatic nitrogens is 3. The summed E-state index contributed by atoms with van der Waals surface area (Å²) >= 11 is 0. The van der Waals surface area contributed by atoms with Gasteiger partial charge in [-0.2, -0.15) is 0 Å². The van der Waals surface area contributed by atoms with E-state index < -0.39 is 41.6 Å². The van der Waals surface area contributed by atoms with Crippen LogP contribution in [0.15, 0.2) is 36.5 Å². The maximum atomic E-state index is 13.7. The summed E-state index contributed by atoms with van der Waals surface area (Å²) in [5, 5.41) is 4.61. The molecule has 0 spiro atoms. The normalized spacial score (nSPS) is 15.9. The van der Waals surface area contributed by atoms with E-state index in [1.165, 1.54) is 33.7 Å². The largest absolute Gasteiger partial charge is 0.573 e. The number of para-hydroxylation sites is 1. The van der Waals surface area contributed by atoms with Crippen LogP contribution in [0.3, 0.4) is 0 Å². The van der Waals surface area contributed by atoms with E-state index in [4.69, 9.17) is 18.9 Å². The van der Waals surface area contributed by atoms with Crippen molar-refractivity contribution in [1.82, 2.24) is 19.5 Å². The minimum atomic E-state index is -4.95. The van der Waals surface area contributed by atoms with Gasteiger partial charge in [0.25, 0.3) is 0 Å². The van der Waals surface area contributed by atoms with Crippen LogP contribution < -0.4 is 14.4 Å². The second kappa shape index (κ2) is 13.8. The zero-order valence-electron chi connectivity index (χ0n) is 27.9. The Morgan fingerprint density at radius 2 is 1.74 bits per heavy atom. The first kappa shape index (κ1) is 35.6. The lowest BCUT2D eigenvalue weighted by atomic mass is 10.1. The quantitative estimate of drug-likeness (QED) is 0.259. The second-order valence-corrected chi connectivity index (χ2v) is 13.4. The van der Waals surface area contributed by atoms with E-state index in [0.29, 0.717) is 12.2 Å². The minimum absolute atomic E-state index is 0.00233. The molecule has 2 amide bonds. The number of alkyl halides is 3. The van der Waals surface area contributed by atoms with Gasteiger partial charge < -0.3 is 28.6 Å². The van der Waals surface area contributed by atoms with Crippen molar-refractivity contribution in [2.24, 2.45) is 0 Å². The molecule has 1 aromatic carbocycles. The van der Waals surface area contributed by atoms with E-state index in [1.54, 1.807) is 58.7 Å². The Labute approximate surface area is 271 Å². The fourth-order valence-corrected chi connectivity index (χ4v) is 4.70. The van der Waals surface area contributed by atoms with Crippen LogP contribution >= 0.6 is 0 Å². The molecule has 0 unspecified atom stereocenters. The number of benzene rings is 1. The van der Waals surface area contributed by atoms with Gasteiger partial charge in [-0.15, -0.1) is 18.3 Å². The Bertz CT molecular complexity index is 1560. The van der Waals surface area contributed by atoms with Gasteiger partial charge in [-0.25, -0.2) is 19.1 Å². The van der Waals surface area contributed by atoms with Crippen LogP contribution in [0.25, 0.3) is 5.65 Å². The summed E-state index contributed by atoms with van der Waals surface area (Å²) in [6.07, 6.45) is -5.16. The molecular formula is C32H42F3N5O7. The lowest BCUT2D eigenvalue weighted by molar-refractivity contribution is -0.274. The van der Waals surface area contributed by atoms with Crippen molar-refractivity contribution in [2.45, 2.75) is 91.5 Å². The molecule has 1 saturated heterocycles. The number of halogens is 3. The average Bonchev–Trinajstić information content (AvgIpc) is 3.37. The summed E-state index contributed by atoms with van der Waals surface area (Å²) in [6.45, 7) is 14.8. The van der Waals surface area contributed by atoms with Gasteiger partial charge in [0.1, 0.15) is 29.7 Å². The van der Waals surface area contributed by atoms with Gasteiger partial charge in [0, 0.05) is 18.2 Å². The van der Waals surface area contributed by atoms with Gasteiger partial charge >= 0.3 is 18.5 Å². The number of imidazole rings is 1. The first-order valence-corrected chi connectivity index (χ1v) is 15.2. The van der Waals surface area contributed by atoms with Crippen LogP contribution in [-0.4, -0.2) is 81.7 Å². The van der Waals surface area contributed by atoms with Crippen LogP contribution in [0.4, 0.5) is 28.4 Å². The molecule has 1 aliphatic heterocycles. The van der Waals surface area contributed by atoms with Gasteiger partial charge in [0.05, 0.1) is 37.3 Å². The van der Waals surface area contributed by atoms with E-state index >= 15 is 0 Å². The van der Waals surface area contributed by atoms with Crippen molar-refractivity contribution in [3.63, 3.8) is 0 Å². The van der Waals surface area contributed by atoms with E-state index in [9.17, 15) is 22.8 Å². The zero-order chi connectivity index (χ0) is 34.7. The summed E-state index contributed by atoms with van der Waals surface area (Å²) in [6, 6.07) is 7.01. The Hall–Kier alpha value is -4.27. The second-order valence-electron chi connectivity index (χ2n) is 13.4. The average molecular weight is 666 g/mol. The van der Waals surface area contributed by atoms with Gasteiger partial charge in [-0.3, -0.25) is 4.90 Å². The van der Waals surface area contributed by atoms with E-state index in [0.717, 1.165) is 0 Å². The van der Waals surface area contributed by atoms with Crippen LogP contribution in [0.2, 0.25) is 0 Å². The Morgan fingerprint density at radius 3 is 2.38 bits per heavy atom. The van der Waals surface area contributed by atoms with Crippen molar-refractivity contribution in [1.29, 1.82) is 0 Å². The SMILES string of the molecule is CC(C)c1cnc2c(N(Cc3ccccc3OC(F)(F)F)C(=O)OC(C)(C)C)cc(OC[C@H]3CN(C(=O)OC(C)(C)C)CCO3)nn12. The van der Waals surface area contributed by atoms with Crippen LogP contribution in [0.5, 0.6) is 11.6 Å². The minimum Gasteiger partial charge on any atom is -0.474 e. The summed E-state index contributed by atoms with van der Waals surface area (Å²) < 4.78 is 68.7. The zero-order valence-corrected chi connectivity index (χ0v) is 27.9. The lowest BCUT2D eigenvalue weighted by Gasteiger charge is -2.34. The van der Waals surface area contributed by atoms with E-state index in [-0.39, 0.29) is 55.0 Å². The molecule has 12 nitrogen and oxygen atoms in total. The van der Waals surface area contributed by atoms with Crippen LogP contribution in [-0.2, 0) is 20.8 Å².